The summed E-state index contributed by atoms with van der Waals surface area (Å²) in [6.45, 7) is 3.11. The highest BCUT2D eigenvalue weighted by atomic mass is 16.3. The van der Waals surface area contributed by atoms with Crippen LogP contribution in [0.5, 0.6) is 0 Å². The highest BCUT2D eigenvalue weighted by molar-refractivity contribution is 5.96. The van der Waals surface area contributed by atoms with E-state index in [1.807, 2.05) is 53.4 Å². The number of carbonyl (C=O) groups excluding carboxylic acids is 1. The number of benzene rings is 2. The van der Waals surface area contributed by atoms with Crippen molar-refractivity contribution in [3.63, 3.8) is 0 Å². The van der Waals surface area contributed by atoms with Gasteiger partial charge in [-0.2, -0.15) is 0 Å². The van der Waals surface area contributed by atoms with E-state index >= 15 is 0 Å². The average Bonchev–Trinajstić information content (AvgIpc) is 3.06. The van der Waals surface area contributed by atoms with Gasteiger partial charge < -0.3 is 14.2 Å². The van der Waals surface area contributed by atoms with Crippen LogP contribution >= 0.6 is 0 Å². The van der Waals surface area contributed by atoms with Gasteiger partial charge in [-0.25, -0.2) is 0 Å². The predicted molar refractivity (Wildman–Crippen MR) is 90.8 cm³/mol. The Labute approximate surface area is 134 Å². The normalized spacial score (nSPS) is 15.1. The van der Waals surface area contributed by atoms with Crippen LogP contribution in [-0.4, -0.2) is 37.0 Å². The molecule has 4 nitrogen and oxygen atoms in total. The van der Waals surface area contributed by atoms with Crippen molar-refractivity contribution in [2.75, 3.05) is 31.1 Å². The zero-order valence-electron chi connectivity index (χ0n) is 12.8. The van der Waals surface area contributed by atoms with Gasteiger partial charge in [0.2, 0.25) is 0 Å². The third-order valence-electron chi connectivity index (χ3n) is 4.32. The van der Waals surface area contributed by atoms with Crippen LogP contribution in [0, 0.1) is 0 Å². The van der Waals surface area contributed by atoms with Crippen molar-refractivity contribution in [1.29, 1.82) is 0 Å². The molecule has 4 rings (SSSR count). The molecule has 4 heteroatoms. The second-order valence-corrected chi connectivity index (χ2v) is 5.76. The Bertz CT molecular complexity index is 785. The van der Waals surface area contributed by atoms with E-state index in [-0.39, 0.29) is 5.91 Å². The summed E-state index contributed by atoms with van der Waals surface area (Å²) in [7, 11) is 0. The first-order valence-corrected chi connectivity index (χ1v) is 7.89. The predicted octanol–water partition coefficient (Wildman–Crippen LogP) is 3.40. The van der Waals surface area contributed by atoms with Gasteiger partial charge in [0.15, 0.2) is 5.76 Å². The van der Waals surface area contributed by atoms with Gasteiger partial charge in [0.1, 0.15) is 5.58 Å². The van der Waals surface area contributed by atoms with Crippen molar-refractivity contribution >= 4 is 22.6 Å². The minimum absolute atomic E-state index is 0.0195. The van der Waals surface area contributed by atoms with E-state index in [2.05, 4.69) is 17.0 Å². The van der Waals surface area contributed by atoms with Gasteiger partial charge in [-0.3, -0.25) is 4.79 Å². The number of nitrogens with zero attached hydrogens (tertiary/aromatic N) is 2. The van der Waals surface area contributed by atoms with Crippen molar-refractivity contribution in [2.45, 2.75) is 0 Å². The van der Waals surface area contributed by atoms with Gasteiger partial charge in [-0.05, 0) is 24.3 Å². The zero-order chi connectivity index (χ0) is 15.6. The number of hydrogen-bond donors (Lipinski definition) is 0. The second-order valence-electron chi connectivity index (χ2n) is 5.76. The molecular formula is C19H18N2O2. The lowest BCUT2D eigenvalue weighted by molar-refractivity contribution is 0.0717. The van der Waals surface area contributed by atoms with Crippen LogP contribution in [0.15, 0.2) is 65.1 Å². The minimum Gasteiger partial charge on any atom is -0.451 e. The summed E-state index contributed by atoms with van der Waals surface area (Å²) in [5, 5.41) is 0.971. The number of carbonyl (C=O) groups is 1. The van der Waals surface area contributed by atoms with Crippen molar-refractivity contribution in [2.24, 2.45) is 0 Å². The maximum Gasteiger partial charge on any atom is 0.289 e. The minimum atomic E-state index is -0.0195. The number of rotatable bonds is 2. The molecule has 0 atom stereocenters. The topological polar surface area (TPSA) is 36.7 Å². The summed E-state index contributed by atoms with van der Waals surface area (Å²) in [5.41, 5.74) is 1.97. The lowest BCUT2D eigenvalue weighted by Gasteiger charge is -2.35. The van der Waals surface area contributed by atoms with E-state index in [9.17, 15) is 4.79 Å². The molecule has 116 valence electrons. The number of amides is 1. The van der Waals surface area contributed by atoms with Gasteiger partial charge in [-0.1, -0.05) is 36.4 Å². The molecule has 3 aromatic rings. The molecule has 0 unspecified atom stereocenters. The van der Waals surface area contributed by atoms with Gasteiger partial charge >= 0.3 is 0 Å². The molecule has 0 bridgehead atoms. The van der Waals surface area contributed by atoms with Crippen molar-refractivity contribution in [3.8, 4) is 0 Å². The quantitative estimate of drug-likeness (QED) is 0.728. The Hall–Kier alpha value is -2.75. The van der Waals surface area contributed by atoms with Crippen LogP contribution in [-0.2, 0) is 0 Å². The fraction of sp³-hybridized carbons (Fsp3) is 0.211. The summed E-state index contributed by atoms with van der Waals surface area (Å²) >= 11 is 0. The molecule has 0 aliphatic carbocycles. The van der Waals surface area contributed by atoms with Crippen LogP contribution in [0.3, 0.4) is 0 Å². The molecule has 1 fully saturated rings. The van der Waals surface area contributed by atoms with Gasteiger partial charge in [0.25, 0.3) is 5.91 Å². The fourth-order valence-electron chi connectivity index (χ4n) is 3.05. The highest BCUT2D eigenvalue weighted by Crippen LogP contribution is 2.21. The Kier molecular flexibility index (Phi) is 3.50. The standard InChI is InChI=1S/C19H18N2O2/c22-19(18-14-15-6-4-5-9-17(15)23-18)21-12-10-20(11-13-21)16-7-2-1-3-8-16/h1-9,14H,10-13H2. The summed E-state index contributed by atoms with van der Waals surface area (Å²) in [6.07, 6.45) is 0. The zero-order valence-corrected chi connectivity index (χ0v) is 12.8. The number of furan rings is 1. The Morgan fingerprint density at radius 2 is 1.57 bits per heavy atom. The number of piperazine rings is 1. The Balaban J connectivity index is 1.46. The number of anilines is 1. The SMILES string of the molecule is O=C(c1cc2ccccc2o1)N1CCN(c2ccccc2)CC1. The molecule has 1 aromatic heterocycles. The van der Waals surface area contributed by atoms with Gasteiger partial charge in [0, 0.05) is 37.3 Å². The second kappa shape index (κ2) is 5.80. The fourth-order valence-corrected chi connectivity index (χ4v) is 3.05. The summed E-state index contributed by atoms with van der Waals surface area (Å²) in [4.78, 5) is 16.8. The molecular weight excluding hydrogens is 288 g/mol. The molecule has 1 aliphatic heterocycles. The van der Waals surface area contributed by atoms with Crippen LogP contribution in [0.25, 0.3) is 11.0 Å². The monoisotopic (exact) mass is 306 g/mol. The maximum atomic E-state index is 12.6. The van der Waals surface area contributed by atoms with E-state index in [1.54, 1.807) is 0 Å². The first kappa shape index (κ1) is 13.9. The van der Waals surface area contributed by atoms with Crippen LogP contribution < -0.4 is 4.90 Å². The maximum absolute atomic E-state index is 12.6. The van der Waals surface area contributed by atoms with E-state index in [0.29, 0.717) is 18.8 Å². The third kappa shape index (κ3) is 2.68. The largest absolute Gasteiger partial charge is 0.451 e. The van der Waals surface area contributed by atoms with Crippen molar-refractivity contribution in [3.05, 3.63) is 66.4 Å². The molecule has 0 radical (unpaired) electrons. The summed E-state index contributed by atoms with van der Waals surface area (Å²) in [5.74, 6) is 0.410. The average molecular weight is 306 g/mol. The smallest absolute Gasteiger partial charge is 0.289 e. The van der Waals surface area contributed by atoms with E-state index in [1.165, 1.54) is 5.69 Å². The van der Waals surface area contributed by atoms with Crippen molar-refractivity contribution in [1.82, 2.24) is 4.90 Å². The first-order valence-electron chi connectivity index (χ1n) is 7.89. The third-order valence-corrected chi connectivity index (χ3v) is 4.32. The van der Waals surface area contributed by atoms with Crippen molar-refractivity contribution < 1.29 is 9.21 Å². The number of fused-ring (bicyclic) bond motifs is 1. The van der Waals surface area contributed by atoms with Crippen LogP contribution in [0.4, 0.5) is 5.69 Å². The molecule has 2 aromatic carbocycles. The van der Waals surface area contributed by atoms with Crippen LogP contribution in [0.1, 0.15) is 10.6 Å². The molecule has 0 saturated carbocycles. The van der Waals surface area contributed by atoms with Gasteiger partial charge in [0.05, 0.1) is 0 Å². The lowest BCUT2D eigenvalue weighted by Crippen LogP contribution is -2.48. The van der Waals surface area contributed by atoms with Gasteiger partial charge in [-0.15, -0.1) is 0 Å². The Morgan fingerprint density at radius 3 is 2.30 bits per heavy atom. The molecule has 2 heterocycles. The van der Waals surface area contributed by atoms with E-state index in [4.69, 9.17) is 4.42 Å². The number of hydrogen-bond acceptors (Lipinski definition) is 3. The molecule has 1 amide bonds. The number of para-hydroxylation sites is 2. The summed E-state index contributed by atoms with van der Waals surface area (Å²) in [6, 6.07) is 19.9. The summed E-state index contributed by atoms with van der Waals surface area (Å²) < 4.78 is 5.69. The Morgan fingerprint density at radius 1 is 0.870 bits per heavy atom. The molecule has 23 heavy (non-hydrogen) atoms. The molecule has 0 N–H and O–H groups in total. The lowest BCUT2D eigenvalue weighted by atomic mass is 10.2. The highest BCUT2D eigenvalue weighted by Gasteiger charge is 2.24. The first-order chi connectivity index (χ1) is 11.3. The molecule has 0 spiro atoms. The van der Waals surface area contributed by atoms with Crippen LogP contribution in [0.2, 0.25) is 0 Å². The van der Waals surface area contributed by atoms with E-state index in [0.717, 1.165) is 24.1 Å². The molecule has 1 aliphatic rings. The molecule has 1 saturated heterocycles. The van der Waals surface area contributed by atoms with E-state index < -0.39 is 0 Å².